The number of aryl methyl sites for hydroxylation is 1. The van der Waals surface area contributed by atoms with Gasteiger partial charge in [-0.3, -0.25) is 4.68 Å². The summed E-state index contributed by atoms with van der Waals surface area (Å²) in [6.07, 6.45) is 0. The third kappa shape index (κ3) is 2.76. The van der Waals surface area contributed by atoms with Gasteiger partial charge in [-0.15, -0.1) is 0 Å². The average molecular weight is 354 g/mol. The fraction of sp³-hybridized carbons (Fsp3) is 0.400. The van der Waals surface area contributed by atoms with Crippen LogP contribution in [0.15, 0.2) is 24.3 Å². The molecule has 2 nitrogen and oxygen atoms in total. The Morgan fingerprint density at radius 3 is 2.22 bits per heavy atom. The van der Waals surface area contributed by atoms with Crippen molar-refractivity contribution >= 4 is 22.6 Å². The number of halogens is 1. The van der Waals surface area contributed by atoms with Crippen LogP contribution in [-0.2, 0) is 6.54 Å². The van der Waals surface area contributed by atoms with Crippen molar-refractivity contribution in [1.29, 1.82) is 0 Å². The van der Waals surface area contributed by atoms with Crippen molar-refractivity contribution in [2.75, 3.05) is 0 Å². The molecule has 0 radical (unpaired) electrons. The van der Waals surface area contributed by atoms with Gasteiger partial charge in [0.25, 0.3) is 0 Å². The quantitative estimate of drug-likeness (QED) is 0.753. The van der Waals surface area contributed by atoms with Crippen LogP contribution in [0.25, 0.3) is 0 Å². The molecule has 0 amide bonds. The standard InChI is InChI=1S/C15H19IN2/c1-10(2)14-7-5-13(6-8-14)9-18-12(4)15(16)11(3)17-18/h5-8,10H,9H2,1-4H3. The molecule has 1 aromatic carbocycles. The first-order valence-electron chi connectivity index (χ1n) is 6.27. The minimum atomic E-state index is 0.591. The lowest BCUT2D eigenvalue weighted by Gasteiger charge is -2.08. The van der Waals surface area contributed by atoms with E-state index in [1.165, 1.54) is 20.4 Å². The molecular weight excluding hydrogens is 335 g/mol. The van der Waals surface area contributed by atoms with E-state index >= 15 is 0 Å². The molecule has 1 aromatic heterocycles. The average Bonchev–Trinajstić information content (AvgIpc) is 2.58. The lowest BCUT2D eigenvalue weighted by Crippen LogP contribution is -2.04. The fourth-order valence-electron chi connectivity index (χ4n) is 2.01. The minimum Gasteiger partial charge on any atom is -0.264 e. The second-order valence-electron chi connectivity index (χ2n) is 5.04. The zero-order valence-corrected chi connectivity index (χ0v) is 13.5. The van der Waals surface area contributed by atoms with Crippen molar-refractivity contribution in [2.45, 2.75) is 40.2 Å². The molecule has 0 spiro atoms. The van der Waals surface area contributed by atoms with Gasteiger partial charge in [0.15, 0.2) is 0 Å². The van der Waals surface area contributed by atoms with Crippen molar-refractivity contribution in [1.82, 2.24) is 9.78 Å². The summed E-state index contributed by atoms with van der Waals surface area (Å²) in [7, 11) is 0. The highest BCUT2D eigenvalue weighted by Crippen LogP contribution is 2.18. The highest BCUT2D eigenvalue weighted by molar-refractivity contribution is 14.1. The Balaban J connectivity index is 2.21. The molecule has 0 saturated heterocycles. The summed E-state index contributed by atoms with van der Waals surface area (Å²) in [5, 5.41) is 4.57. The lowest BCUT2D eigenvalue weighted by atomic mass is 10.0. The monoisotopic (exact) mass is 354 g/mol. The fourth-order valence-corrected chi connectivity index (χ4v) is 2.40. The summed E-state index contributed by atoms with van der Waals surface area (Å²) in [4.78, 5) is 0. The number of aromatic nitrogens is 2. The second kappa shape index (κ2) is 5.43. The predicted molar refractivity (Wildman–Crippen MR) is 84.1 cm³/mol. The number of hydrogen-bond acceptors (Lipinski definition) is 1. The number of rotatable bonds is 3. The van der Waals surface area contributed by atoms with E-state index in [1.54, 1.807) is 0 Å². The normalized spacial score (nSPS) is 11.2. The van der Waals surface area contributed by atoms with Gasteiger partial charge in [-0.1, -0.05) is 38.1 Å². The van der Waals surface area contributed by atoms with E-state index < -0.39 is 0 Å². The van der Waals surface area contributed by atoms with Gasteiger partial charge in [0.1, 0.15) is 0 Å². The van der Waals surface area contributed by atoms with E-state index in [2.05, 4.69) is 84.3 Å². The topological polar surface area (TPSA) is 17.8 Å². The van der Waals surface area contributed by atoms with Gasteiger partial charge in [0.2, 0.25) is 0 Å². The Morgan fingerprint density at radius 2 is 1.78 bits per heavy atom. The van der Waals surface area contributed by atoms with E-state index in [9.17, 15) is 0 Å². The smallest absolute Gasteiger partial charge is 0.0730 e. The molecule has 0 aliphatic heterocycles. The minimum absolute atomic E-state index is 0.591. The molecule has 0 atom stereocenters. The van der Waals surface area contributed by atoms with Crippen LogP contribution < -0.4 is 0 Å². The molecule has 0 unspecified atom stereocenters. The first kappa shape index (κ1) is 13.6. The van der Waals surface area contributed by atoms with E-state index in [-0.39, 0.29) is 0 Å². The van der Waals surface area contributed by atoms with Crippen LogP contribution in [0.2, 0.25) is 0 Å². The second-order valence-corrected chi connectivity index (χ2v) is 6.12. The third-order valence-corrected chi connectivity index (χ3v) is 4.83. The molecule has 0 aliphatic carbocycles. The van der Waals surface area contributed by atoms with Crippen molar-refractivity contribution in [3.63, 3.8) is 0 Å². The van der Waals surface area contributed by atoms with Crippen LogP contribution >= 0.6 is 22.6 Å². The lowest BCUT2D eigenvalue weighted by molar-refractivity contribution is 0.658. The molecule has 96 valence electrons. The van der Waals surface area contributed by atoms with Crippen LogP contribution in [0.4, 0.5) is 0 Å². The number of nitrogens with zero attached hydrogens (tertiary/aromatic N) is 2. The highest BCUT2D eigenvalue weighted by Gasteiger charge is 2.08. The summed E-state index contributed by atoms with van der Waals surface area (Å²) in [6.45, 7) is 9.49. The summed E-state index contributed by atoms with van der Waals surface area (Å²) >= 11 is 2.36. The molecule has 0 saturated carbocycles. The van der Waals surface area contributed by atoms with Crippen LogP contribution in [0.5, 0.6) is 0 Å². The molecule has 0 N–H and O–H groups in total. The summed E-state index contributed by atoms with van der Waals surface area (Å²) < 4.78 is 3.35. The van der Waals surface area contributed by atoms with Gasteiger partial charge >= 0.3 is 0 Å². The third-order valence-electron chi connectivity index (χ3n) is 3.27. The summed E-state index contributed by atoms with van der Waals surface area (Å²) in [5.41, 5.74) is 5.07. The zero-order chi connectivity index (χ0) is 13.3. The predicted octanol–water partition coefficient (Wildman–Crippen LogP) is 4.28. The van der Waals surface area contributed by atoms with Crippen LogP contribution in [0, 0.1) is 17.4 Å². The maximum Gasteiger partial charge on any atom is 0.0730 e. The molecule has 2 aromatic rings. The van der Waals surface area contributed by atoms with Crippen molar-refractivity contribution in [2.24, 2.45) is 0 Å². The van der Waals surface area contributed by atoms with Gasteiger partial charge in [0.05, 0.1) is 15.8 Å². The molecule has 1 heterocycles. The summed E-state index contributed by atoms with van der Waals surface area (Å²) in [5.74, 6) is 0.591. The first-order chi connectivity index (χ1) is 8.49. The maximum absolute atomic E-state index is 4.57. The highest BCUT2D eigenvalue weighted by atomic mass is 127. The number of benzene rings is 1. The first-order valence-corrected chi connectivity index (χ1v) is 7.35. The van der Waals surface area contributed by atoms with Crippen molar-refractivity contribution in [3.8, 4) is 0 Å². The molecule has 2 rings (SSSR count). The Hall–Kier alpha value is -0.840. The number of hydrogen-bond donors (Lipinski definition) is 0. The van der Waals surface area contributed by atoms with Gasteiger partial charge in [-0.25, -0.2) is 0 Å². The molecule has 18 heavy (non-hydrogen) atoms. The van der Waals surface area contributed by atoms with Crippen LogP contribution in [0.1, 0.15) is 42.3 Å². The molecule has 0 fully saturated rings. The van der Waals surface area contributed by atoms with E-state index in [0.29, 0.717) is 5.92 Å². The summed E-state index contributed by atoms with van der Waals surface area (Å²) in [6, 6.07) is 8.85. The van der Waals surface area contributed by atoms with E-state index in [0.717, 1.165) is 12.2 Å². The van der Waals surface area contributed by atoms with Gasteiger partial charge < -0.3 is 0 Å². The van der Waals surface area contributed by atoms with Crippen LogP contribution in [-0.4, -0.2) is 9.78 Å². The van der Waals surface area contributed by atoms with Gasteiger partial charge in [0, 0.05) is 5.69 Å². The maximum atomic E-state index is 4.57. The molecule has 0 aliphatic rings. The SMILES string of the molecule is Cc1nn(Cc2ccc(C(C)C)cc2)c(C)c1I. The Kier molecular flexibility index (Phi) is 4.10. The zero-order valence-electron chi connectivity index (χ0n) is 11.4. The van der Waals surface area contributed by atoms with Crippen LogP contribution in [0.3, 0.4) is 0 Å². The Morgan fingerprint density at radius 1 is 1.17 bits per heavy atom. The Labute approximate surface area is 123 Å². The largest absolute Gasteiger partial charge is 0.264 e. The van der Waals surface area contributed by atoms with Crippen molar-refractivity contribution in [3.05, 3.63) is 50.4 Å². The molecule has 3 heteroatoms. The van der Waals surface area contributed by atoms with Gasteiger partial charge in [-0.2, -0.15) is 5.10 Å². The van der Waals surface area contributed by atoms with Gasteiger partial charge in [-0.05, 0) is 53.5 Å². The van der Waals surface area contributed by atoms with Crippen molar-refractivity contribution < 1.29 is 0 Å². The van der Waals surface area contributed by atoms with E-state index in [1.807, 2.05) is 0 Å². The molecular formula is C15H19IN2. The van der Waals surface area contributed by atoms with E-state index in [4.69, 9.17) is 0 Å². The Bertz CT molecular complexity index is 538. The molecule has 0 bridgehead atoms.